The van der Waals surface area contributed by atoms with Crippen molar-refractivity contribution in [2.75, 3.05) is 11.9 Å². The number of para-hydroxylation sites is 1. The van der Waals surface area contributed by atoms with Crippen molar-refractivity contribution >= 4 is 34.0 Å². The SMILES string of the molecule is Cc1ccc(Cc2cnc(NC(=O)COc3ccccc3C(C)C)s2)cc1Cl. The molecular weight excluding hydrogens is 392 g/mol. The van der Waals surface area contributed by atoms with Crippen LogP contribution in [0.1, 0.15) is 41.3 Å². The molecule has 0 unspecified atom stereocenters. The van der Waals surface area contributed by atoms with Crippen LogP contribution in [0.25, 0.3) is 0 Å². The molecule has 0 aliphatic carbocycles. The van der Waals surface area contributed by atoms with Crippen LogP contribution in [0.2, 0.25) is 5.02 Å². The van der Waals surface area contributed by atoms with Gasteiger partial charge in [0.25, 0.3) is 5.91 Å². The average molecular weight is 415 g/mol. The van der Waals surface area contributed by atoms with Crippen LogP contribution in [0.4, 0.5) is 5.13 Å². The van der Waals surface area contributed by atoms with E-state index in [1.54, 1.807) is 6.20 Å². The molecule has 0 saturated heterocycles. The molecule has 1 amide bonds. The van der Waals surface area contributed by atoms with Crippen LogP contribution in [0.15, 0.2) is 48.7 Å². The Balaban J connectivity index is 1.56. The number of aryl methyl sites for hydroxylation is 1. The summed E-state index contributed by atoms with van der Waals surface area (Å²) in [7, 11) is 0. The average Bonchev–Trinajstić information content (AvgIpc) is 3.10. The molecule has 6 heteroatoms. The highest BCUT2D eigenvalue weighted by molar-refractivity contribution is 7.15. The lowest BCUT2D eigenvalue weighted by Crippen LogP contribution is -2.20. The Bertz CT molecular complexity index is 969. The first kappa shape index (κ1) is 20.4. The van der Waals surface area contributed by atoms with Gasteiger partial charge >= 0.3 is 0 Å². The Hall–Kier alpha value is -2.37. The van der Waals surface area contributed by atoms with E-state index in [9.17, 15) is 4.79 Å². The van der Waals surface area contributed by atoms with Gasteiger partial charge in [0.1, 0.15) is 5.75 Å². The highest BCUT2D eigenvalue weighted by Gasteiger charge is 2.11. The maximum atomic E-state index is 12.2. The predicted octanol–water partition coefficient (Wildman–Crippen LogP) is 5.84. The number of amides is 1. The van der Waals surface area contributed by atoms with E-state index in [1.165, 1.54) is 11.3 Å². The summed E-state index contributed by atoms with van der Waals surface area (Å²) in [5.41, 5.74) is 3.26. The topological polar surface area (TPSA) is 51.2 Å². The van der Waals surface area contributed by atoms with Gasteiger partial charge in [-0.25, -0.2) is 4.98 Å². The normalized spacial score (nSPS) is 10.9. The third kappa shape index (κ3) is 5.33. The van der Waals surface area contributed by atoms with E-state index in [0.29, 0.717) is 11.0 Å². The highest BCUT2D eigenvalue weighted by Crippen LogP contribution is 2.26. The summed E-state index contributed by atoms with van der Waals surface area (Å²) < 4.78 is 5.71. The van der Waals surface area contributed by atoms with Gasteiger partial charge in [-0.1, -0.05) is 55.8 Å². The fourth-order valence-corrected chi connectivity index (χ4v) is 3.85. The summed E-state index contributed by atoms with van der Waals surface area (Å²) >= 11 is 7.64. The first-order valence-electron chi connectivity index (χ1n) is 9.13. The van der Waals surface area contributed by atoms with Crippen molar-refractivity contribution < 1.29 is 9.53 Å². The summed E-state index contributed by atoms with van der Waals surface area (Å²) in [5, 5.41) is 4.13. The van der Waals surface area contributed by atoms with Crippen molar-refractivity contribution in [3.63, 3.8) is 0 Å². The van der Waals surface area contributed by atoms with Gasteiger partial charge in [-0.2, -0.15) is 0 Å². The summed E-state index contributed by atoms with van der Waals surface area (Å²) in [6, 6.07) is 13.8. The monoisotopic (exact) mass is 414 g/mol. The molecule has 0 aliphatic heterocycles. The number of hydrogen-bond acceptors (Lipinski definition) is 4. The van der Waals surface area contributed by atoms with Gasteiger partial charge in [0.2, 0.25) is 0 Å². The molecule has 1 N–H and O–H groups in total. The van der Waals surface area contributed by atoms with Gasteiger partial charge in [0.15, 0.2) is 11.7 Å². The molecule has 1 heterocycles. The standard InChI is InChI=1S/C22H23ClN2O2S/c1-14(2)18-6-4-5-7-20(18)27-13-21(26)25-22-24-12-17(28-22)10-16-9-8-15(3)19(23)11-16/h4-9,11-12,14H,10,13H2,1-3H3,(H,24,25,26). The molecule has 0 atom stereocenters. The first-order chi connectivity index (χ1) is 13.4. The van der Waals surface area contributed by atoms with Gasteiger partial charge in [0.05, 0.1) is 0 Å². The number of carbonyl (C=O) groups is 1. The predicted molar refractivity (Wildman–Crippen MR) is 116 cm³/mol. The van der Waals surface area contributed by atoms with E-state index in [2.05, 4.69) is 30.2 Å². The van der Waals surface area contributed by atoms with Crippen molar-refractivity contribution in [2.24, 2.45) is 0 Å². The zero-order valence-electron chi connectivity index (χ0n) is 16.2. The van der Waals surface area contributed by atoms with Crippen molar-refractivity contribution in [3.8, 4) is 5.75 Å². The number of carbonyl (C=O) groups excluding carboxylic acids is 1. The van der Waals surface area contributed by atoms with E-state index in [4.69, 9.17) is 16.3 Å². The number of rotatable bonds is 7. The molecule has 0 radical (unpaired) electrons. The Morgan fingerprint density at radius 2 is 2.04 bits per heavy atom. The molecule has 4 nitrogen and oxygen atoms in total. The summed E-state index contributed by atoms with van der Waals surface area (Å²) in [6.07, 6.45) is 2.51. The number of nitrogens with zero attached hydrogens (tertiary/aromatic N) is 1. The summed E-state index contributed by atoms with van der Waals surface area (Å²) in [6.45, 7) is 6.13. The number of hydrogen-bond donors (Lipinski definition) is 1. The van der Waals surface area contributed by atoms with E-state index in [1.807, 2.05) is 43.3 Å². The van der Waals surface area contributed by atoms with Crippen LogP contribution in [0.3, 0.4) is 0 Å². The third-order valence-electron chi connectivity index (χ3n) is 4.31. The number of anilines is 1. The van der Waals surface area contributed by atoms with Crippen LogP contribution in [0.5, 0.6) is 5.75 Å². The van der Waals surface area contributed by atoms with Crippen LogP contribution >= 0.6 is 22.9 Å². The van der Waals surface area contributed by atoms with Crippen molar-refractivity contribution in [2.45, 2.75) is 33.1 Å². The molecule has 146 valence electrons. The Morgan fingerprint density at radius 3 is 2.79 bits per heavy atom. The Labute approximate surface area is 174 Å². The van der Waals surface area contributed by atoms with Crippen LogP contribution in [0, 0.1) is 6.92 Å². The summed E-state index contributed by atoms with van der Waals surface area (Å²) in [4.78, 5) is 17.6. The first-order valence-corrected chi connectivity index (χ1v) is 10.3. The van der Waals surface area contributed by atoms with Gasteiger partial charge in [-0.3, -0.25) is 10.1 Å². The smallest absolute Gasteiger partial charge is 0.264 e. The number of benzene rings is 2. The second kappa shape index (κ2) is 9.22. The number of thiazole rings is 1. The number of nitrogens with one attached hydrogen (secondary N) is 1. The zero-order chi connectivity index (χ0) is 20.1. The minimum atomic E-state index is -0.224. The fraction of sp³-hybridized carbons (Fsp3) is 0.273. The fourth-order valence-electron chi connectivity index (χ4n) is 2.78. The Morgan fingerprint density at radius 1 is 1.25 bits per heavy atom. The molecular formula is C22H23ClN2O2S. The minimum absolute atomic E-state index is 0.0494. The quantitative estimate of drug-likeness (QED) is 0.528. The molecule has 0 aliphatic rings. The van der Waals surface area contributed by atoms with E-state index in [-0.39, 0.29) is 12.5 Å². The maximum Gasteiger partial charge on any atom is 0.264 e. The van der Waals surface area contributed by atoms with Crippen molar-refractivity contribution in [1.82, 2.24) is 4.98 Å². The lowest BCUT2D eigenvalue weighted by Gasteiger charge is -2.13. The van der Waals surface area contributed by atoms with E-state index >= 15 is 0 Å². The molecule has 0 fully saturated rings. The van der Waals surface area contributed by atoms with Gasteiger partial charge in [0, 0.05) is 22.5 Å². The van der Waals surface area contributed by atoms with E-state index < -0.39 is 0 Å². The lowest BCUT2D eigenvalue weighted by atomic mass is 10.0. The van der Waals surface area contributed by atoms with Gasteiger partial charge in [-0.05, 0) is 41.7 Å². The third-order valence-corrected chi connectivity index (χ3v) is 5.63. The minimum Gasteiger partial charge on any atom is -0.483 e. The molecule has 28 heavy (non-hydrogen) atoms. The molecule has 1 aromatic heterocycles. The second-order valence-electron chi connectivity index (χ2n) is 6.92. The Kier molecular flexibility index (Phi) is 6.70. The lowest BCUT2D eigenvalue weighted by molar-refractivity contribution is -0.118. The van der Waals surface area contributed by atoms with Crippen LogP contribution < -0.4 is 10.1 Å². The second-order valence-corrected chi connectivity index (χ2v) is 8.44. The van der Waals surface area contributed by atoms with Crippen molar-refractivity contribution in [3.05, 3.63) is 75.3 Å². The maximum absolute atomic E-state index is 12.2. The molecule has 3 rings (SSSR count). The number of aromatic nitrogens is 1. The summed E-state index contributed by atoms with van der Waals surface area (Å²) in [5.74, 6) is 0.845. The molecule has 2 aromatic carbocycles. The van der Waals surface area contributed by atoms with Gasteiger partial charge < -0.3 is 4.74 Å². The highest BCUT2D eigenvalue weighted by atomic mass is 35.5. The van der Waals surface area contributed by atoms with Gasteiger partial charge in [-0.15, -0.1) is 11.3 Å². The number of ether oxygens (including phenoxy) is 1. The molecule has 0 bridgehead atoms. The van der Waals surface area contributed by atoms with Crippen LogP contribution in [-0.2, 0) is 11.2 Å². The number of halogens is 1. The largest absolute Gasteiger partial charge is 0.483 e. The molecule has 0 spiro atoms. The van der Waals surface area contributed by atoms with Crippen molar-refractivity contribution in [1.29, 1.82) is 0 Å². The van der Waals surface area contributed by atoms with E-state index in [0.717, 1.165) is 38.8 Å². The van der Waals surface area contributed by atoms with Crippen LogP contribution in [-0.4, -0.2) is 17.5 Å². The molecule has 0 saturated carbocycles. The zero-order valence-corrected chi connectivity index (χ0v) is 17.7. The molecule has 3 aromatic rings.